The number of ether oxygens (including phenoxy) is 2. The fourth-order valence-corrected chi connectivity index (χ4v) is 2.08. The maximum absolute atomic E-state index is 11.8. The molecule has 0 aromatic heterocycles. The van der Waals surface area contributed by atoms with Crippen LogP contribution in [0.5, 0.6) is 5.75 Å². The van der Waals surface area contributed by atoms with Gasteiger partial charge in [-0.1, -0.05) is 17.3 Å². The summed E-state index contributed by atoms with van der Waals surface area (Å²) >= 11 is 0. The summed E-state index contributed by atoms with van der Waals surface area (Å²) in [5, 5.41) is 6.75. The lowest BCUT2D eigenvalue weighted by atomic mass is 10.0. The monoisotopic (exact) mass is 292 g/mol. The summed E-state index contributed by atoms with van der Waals surface area (Å²) in [7, 11) is 3.23. The van der Waals surface area contributed by atoms with Gasteiger partial charge in [0.25, 0.3) is 5.91 Å². The molecule has 1 aliphatic heterocycles. The summed E-state index contributed by atoms with van der Waals surface area (Å²) in [5.41, 5.74) is 1.94. The third-order valence-corrected chi connectivity index (χ3v) is 3.17. The van der Waals surface area contributed by atoms with Gasteiger partial charge < -0.3 is 19.6 Å². The van der Waals surface area contributed by atoms with Crippen LogP contribution in [-0.2, 0) is 20.8 Å². The van der Waals surface area contributed by atoms with Crippen LogP contribution < -0.4 is 10.1 Å². The van der Waals surface area contributed by atoms with Crippen LogP contribution in [0.3, 0.4) is 0 Å². The van der Waals surface area contributed by atoms with Crippen LogP contribution in [0.1, 0.15) is 12.0 Å². The number of methoxy groups -OCH3 is 2. The van der Waals surface area contributed by atoms with Gasteiger partial charge in [0, 0.05) is 26.5 Å². The summed E-state index contributed by atoms with van der Waals surface area (Å²) < 4.78 is 10.1. The van der Waals surface area contributed by atoms with E-state index in [0.29, 0.717) is 26.0 Å². The van der Waals surface area contributed by atoms with Crippen molar-refractivity contribution in [3.05, 3.63) is 29.8 Å². The van der Waals surface area contributed by atoms with Crippen molar-refractivity contribution < 1.29 is 19.1 Å². The number of nitrogens with zero attached hydrogens (tertiary/aromatic N) is 1. The van der Waals surface area contributed by atoms with Crippen molar-refractivity contribution in [3.8, 4) is 5.75 Å². The molecule has 0 radical (unpaired) electrons. The van der Waals surface area contributed by atoms with Crippen LogP contribution in [0.25, 0.3) is 0 Å². The van der Waals surface area contributed by atoms with Crippen LogP contribution in [0, 0.1) is 0 Å². The minimum absolute atomic E-state index is 0.156. The van der Waals surface area contributed by atoms with Crippen molar-refractivity contribution in [2.45, 2.75) is 18.9 Å². The molecule has 0 bridgehead atoms. The van der Waals surface area contributed by atoms with E-state index in [4.69, 9.17) is 14.3 Å². The number of hydrogen-bond acceptors (Lipinski definition) is 5. The van der Waals surface area contributed by atoms with E-state index in [0.717, 1.165) is 17.0 Å². The summed E-state index contributed by atoms with van der Waals surface area (Å²) in [4.78, 5) is 17.0. The molecule has 0 saturated carbocycles. The van der Waals surface area contributed by atoms with E-state index in [2.05, 4.69) is 10.5 Å². The molecule has 6 heteroatoms. The average molecular weight is 292 g/mol. The number of carbonyl (C=O) groups is 1. The Morgan fingerprint density at radius 2 is 2.33 bits per heavy atom. The number of carbonyl (C=O) groups excluding carboxylic acids is 1. The molecule has 0 spiro atoms. The zero-order chi connectivity index (χ0) is 15.1. The highest BCUT2D eigenvalue weighted by molar-refractivity contribution is 5.93. The van der Waals surface area contributed by atoms with Crippen molar-refractivity contribution in [2.75, 3.05) is 27.4 Å². The van der Waals surface area contributed by atoms with Crippen LogP contribution in [0.15, 0.2) is 29.4 Å². The number of nitrogens with one attached hydrogen (secondary N) is 1. The first kappa shape index (κ1) is 15.3. The fraction of sp³-hybridized carbons (Fsp3) is 0.467. The van der Waals surface area contributed by atoms with Gasteiger partial charge in [-0.3, -0.25) is 4.79 Å². The Morgan fingerprint density at radius 1 is 1.48 bits per heavy atom. The van der Waals surface area contributed by atoms with Gasteiger partial charge >= 0.3 is 0 Å². The summed E-state index contributed by atoms with van der Waals surface area (Å²) in [6.45, 7) is 0.955. The van der Waals surface area contributed by atoms with E-state index in [9.17, 15) is 4.79 Å². The molecule has 1 heterocycles. The van der Waals surface area contributed by atoms with Crippen LogP contribution in [-0.4, -0.2) is 45.1 Å². The number of amides is 1. The number of benzene rings is 1. The summed E-state index contributed by atoms with van der Waals surface area (Å²) in [5.74, 6) is 0.650. The van der Waals surface area contributed by atoms with E-state index in [1.807, 2.05) is 24.3 Å². The summed E-state index contributed by atoms with van der Waals surface area (Å²) in [6, 6.07) is 7.77. The Kier molecular flexibility index (Phi) is 5.57. The molecule has 1 aromatic carbocycles. The Labute approximate surface area is 124 Å². The molecule has 1 amide bonds. The van der Waals surface area contributed by atoms with Gasteiger partial charge in [-0.05, 0) is 17.7 Å². The Bertz CT molecular complexity index is 516. The standard InChI is InChI=1S/C15H20N2O4/c1-19-7-6-16-15(18)14-10-12(17-21-14)8-11-4-3-5-13(9-11)20-2/h3-5,9,14H,6-8,10H2,1-2H3,(H,16,18). The van der Waals surface area contributed by atoms with Gasteiger partial charge in [-0.2, -0.15) is 0 Å². The van der Waals surface area contributed by atoms with E-state index < -0.39 is 6.10 Å². The predicted molar refractivity (Wildman–Crippen MR) is 78.5 cm³/mol. The first-order valence-electron chi connectivity index (χ1n) is 6.84. The molecular formula is C15H20N2O4. The van der Waals surface area contributed by atoms with Crippen molar-refractivity contribution >= 4 is 11.6 Å². The lowest BCUT2D eigenvalue weighted by Gasteiger charge is -2.08. The molecule has 1 aliphatic rings. The average Bonchev–Trinajstić information content (AvgIpc) is 2.96. The molecule has 0 fully saturated rings. The minimum Gasteiger partial charge on any atom is -0.497 e. The molecule has 0 aliphatic carbocycles. The topological polar surface area (TPSA) is 69.2 Å². The minimum atomic E-state index is -0.539. The van der Waals surface area contributed by atoms with Gasteiger partial charge in [-0.25, -0.2) is 0 Å². The van der Waals surface area contributed by atoms with Gasteiger partial charge in [0.05, 0.1) is 19.4 Å². The molecule has 1 N–H and O–H groups in total. The number of rotatable bonds is 7. The van der Waals surface area contributed by atoms with Crippen molar-refractivity contribution in [1.82, 2.24) is 5.32 Å². The Morgan fingerprint density at radius 3 is 3.10 bits per heavy atom. The van der Waals surface area contributed by atoms with E-state index >= 15 is 0 Å². The van der Waals surface area contributed by atoms with Crippen molar-refractivity contribution in [1.29, 1.82) is 0 Å². The van der Waals surface area contributed by atoms with Gasteiger partial charge in [0.15, 0.2) is 0 Å². The molecule has 21 heavy (non-hydrogen) atoms. The van der Waals surface area contributed by atoms with E-state index in [1.165, 1.54) is 0 Å². The normalized spacial score (nSPS) is 17.0. The smallest absolute Gasteiger partial charge is 0.264 e. The first-order chi connectivity index (χ1) is 10.2. The number of hydrogen-bond donors (Lipinski definition) is 1. The van der Waals surface area contributed by atoms with E-state index in [1.54, 1.807) is 14.2 Å². The second-order valence-electron chi connectivity index (χ2n) is 4.77. The molecule has 0 saturated heterocycles. The maximum atomic E-state index is 11.8. The largest absolute Gasteiger partial charge is 0.497 e. The molecule has 1 aromatic rings. The lowest BCUT2D eigenvalue weighted by molar-refractivity contribution is -0.131. The first-order valence-corrected chi connectivity index (χ1v) is 6.84. The molecule has 1 atom stereocenters. The Hall–Kier alpha value is -2.08. The third-order valence-electron chi connectivity index (χ3n) is 3.17. The zero-order valence-electron chi connectivity index (χ0n) is 12.3. The fourth-order valence-electron chi connectivity index (χ4n) is 2.08. The predicted octanol–water partition coefficient (Wildman–Crippen LogP) is 1.15. The lowest BCUT2D eigenvalue weighted by Crippen LogP contribution is -2.36. The van der Waals surface area contributed by atoms with Gasteiger partial charge in [0.1, 0.15) is 5.75 Å². The number of oxime groups is 1. The third kappa shape index (κ3) is 4.46. The van der Waals surface area contributed by atoms with E-state index in [-0.39, 0.29) is 5.91 Å². The molecule has 2 rings (SSSR count). The van der Waals surface area contributed by atoms with Crippen molar-refractivity contribution in [3.63, 3.8) is 0 Å². The summed E-state index contributed by atoms with van der Waals surface area (Å²) in [6.07, 6.45) is 0.622. The van der Waals surface area contributed by atoms with Gasteiger partial charge in [-0.15, -0.1) is 0 Å². The molecule has 6 nitrogen and oxygen atoms in total. The maximum Gasteiger partial charge on any atom is 0.264 e. The van der Waals surface area contributed by atoms with Crippen molar-refractivity contribution in [2.24, 2.45) is 5.16 Å². The van der Waals surface area contributed by atoms with Gasteiger partial charge in [0.2, 0.25) is 6.10 Å². The second kappa shape index (κ2) is 7.64. The Balaban J connectivity index is 1.83. The SMILES string of the molecule is COCCNC(=O)C1CC(Cc2cccc(OC)c2)=NO1. The van der Waals surface area contributed by atoms with Crippen LogP contribution >= 0.6 is 0 Å². The highest BCUT2D eigenvalue weighted by Crippen LogP contribution is 2.18. The quantitative estimate of drug-likeness (QED) is 0.765. The molecular weight excluding hydrogens is 272 g/mol. The highest BCUT2D eigenvalue weighted by atomic mass is 16.6. The zero-order valence-corrected chi connectivity index (χ0v) is 12.3. The molecule has 1 unspecified atom stereocenters. The highest BCUT2D eigenvalue weighted by Gasteiger charge is 2.27. The van der Waals surface area contributed by atoms with Crippen LogP contribution in [0.4, 0.5) is 0 Å². The second-order valence-corrected chi connectivity index (χ2v) is 4.77. The van der Waals surface area contributed by atoms with Crippen LogP contribution in [0.2, 0.25) is 0 Å². The molecule has 114 valence electrons.